The van der Waals surface area contributed by atoms with E-state index in [1.54, 1.807) is 12.1 Å². The number of benzene rings is 1. The average Bonchev–Trinajstić information content (AvgIpc) is 3.33. The molecule has 2 aliphatic heterocycles. The SMILES string of the molecule is O=S(=O)(c1ccc(N2CC2)cc1)N1CCN(CCO)CC1. The molecule has 3 rings (SSSR count). The highest BCUT2D eigenvalue weighted by Gasteiger charge is 2.28. The fourth-order valence-corrected chi connectivity index (χ4v) is 4.04. The molecule has 0 radical (unpaired) electrons. The summed E-state index contributed by atoms with van der Waals surface area (Å²) in [5.41, 5.74) is 1.08. The topological polar surface area (TPSA) is 63.9 Å². The van der Waals surface area contributed by atoms with E-state index in [-0.39, 0.29) is 6.61 Å². The fourth-order valence-electron chi connectivity index (χ4n) is 2.62. The molecule has 0 unspecified atom stereocenters. The standard InChI is InChI=1S/C14H21N3O3S/c18-12-11-15-5-9-17(10-6-15)21(19,20)14-3-1-13(2-4-14)16-7-8-16/h1-4,18H,5-12H2. The quantitative estimate of drug-likeness (QED) is 0.764. The number of piperazine rings is 1. The maximum absolute atomic E-state index is 12.6. The van der Waals surface area contributed by atoms with Crippen molar-refractivity contribution in [2.24, 2.45) is 0 Å². The van der Waals surface area contributed by atoms with Crippen molar-refractivity contribution in [1.82, 2.24) is 9.21 Å². The summed E-state index contributed by atoms with van der Waals surface area (Å²) in [6.45, 7) is 5.14. The van der Waals surface area contributed by atoms with E-state index in [4.69, 9.17) is 5.11 Å². The Balaban J connectivity index is 1.68. The zero-order valence-corrected chi connectivity index (χ0v) is 12.8. The summed E-state index contributed by atoms with van der Waals surface area (Å²) in [5, 5.41) is 8.92. The highest BCUT2D eigenvalue weighted by molar-refractivity contribution is 7.89. The van der Waals surface area contributed by atoms with Crippen LogP contribution in [0, 0.1) is 0 Å². The van der Waals surface area contributed by atoms with Crippen LogP contribution in [0.1, 0.15) is 0 Å². The molecule has 0 bridgehead atoms. The zero-order valence-electron chi connectivity index (χ0n) is 12.0. The molecule has 1 aromatic carbocycles. The van der Waals surface area contributed by atoms with Gasteiger partial charge in [-0.1, -0.05) is 0 Å². The van der Waals surface area contributed by atoms with Gasteiger partial charge in [-0.25, -0.2) is 8.42 Å². The van der Waals surface area contributed by atoms with Gasteiger partial charge in [-0.3, -0.25) is 4.90 Å². The van der Waals surface area contributed by atoms with Gasteiger partial charge >= 0.3 is 0 Å². The van der Waals surface area contributed by atoms with Crippen molar-refractivity contribution in [1.29, 1.82) is 0 Å². The van der Waals surface area contributed by atoms with Gasteiger partial charge in [0.05, 0.1) is 11.5 Å². The molecule has 116 valence electrons. The van der Waals surface area contributed by atoms with Crippen molar-refractivity contribution in [2.75, 3.05) is 57.3 Å². The van der Waals surface area contributed by atoms with Crippen molar-refractivity contribution in [3.05, 3.63) is 24.3 Å². The molecule has 0 atom stereocenters. The van der Waals surface area contributed by atoms with Gasteiger partial charge in [0.1, 0.15) is 0 Å². The summed E-state index contributed by atoms with van der Waals surface area (Å²) >= 11 is 0. The first kappa shape index (κ1) is 14.8. The number of hydrogen-bond donors (Lipinski definition) is 1. The maximum Gasteiger partial charge on any atom is 0.243 e. The second-order valence-corrected chi connectivity index (χ2v) is 7.39. The predicted octanol–water partition coefficient (Wildman–Crippen LogP) is -0.195. The Morgan fingerprint density at radius 3 is 2.10 bits per heavy atom. The highest BCUT2D eigenvalue weighted by atomic mass is 32.2. The van der Waals surface area contributed by atoms with Gasteiger partial charge in [-0.2, -0.15) is 4.31 Å². The summed E-state index contributed by atoms with van der Waals surface area (Å²) in [5.74, 6) is 0. The zero-order chi connectivity index (χ0) is 14.9. The van der Waals surface area contributed by atoms with Crippen LogP contribution in [0.5, 0.6) is 0 Å². The Bertz CT molecular complexity index is 576. The molecule has 2 heterocycles. The monoisotopic (exact) mass is 311 g/mol. The summed E-state index contributed by atoms with van der Waals surface area (Å²) in [4.78, 5) is 4.63. The van der Waals surface area contributed by atoms with E-state index < -0.39 is 10.0 Å². The molecule has 0 aromatic heterocycles. The first-order chi connectivity index (χ1) is 10.1. The lowest BCUT2D eigenvalue weighted by molar-refractivity contribution is 0.151. The molecule has 7 heteroatoms. The summed E-state index contributed by atoms with van der Waals surface area (Å²) < 4.78 is 26.7. The van der Waals surface area contributed by atoms with Crippen molar-refractivity contribution < 1.29 is 13.5 Å². The Labute approximate surface area is 125 Å². The van der Waals surface area contributed by atoms with E-state index in [2.05, 4.69) is 9.80 Å². The van der Waals surface area contributed by atoms with E-state index in [1.807, 2.05) is 12.1 Å². The number of aliphatic hydroxyl groups is 1. The Hall–Kier alpha value is -1.15. The molecule has 0 spiro atoms. The van der Waals surface area contributed by atoms with Crippen LogP contribution in [-0.2, 0) is 10.0 Å². The minimum absolute atomic E-state index is 0.116. The van der Waals surface area contributed by atoms with Gasteiger partial charge in [0.25, 0.3) is 0 Å². The van der Waals surface area contributed by atoms with E-state index in [1.165, 1.54) is 4.31 Å². The third-order valence-corrected chi connectivity index (χ3v) is 5.95. The lowest BCUT2D eigenvalue weighted by Crippen LogP contribution is -2.49. The van der Waals surface area contributed by atoms with E-state index in [0.717, 1.165) is 18.8 Å². The minimum atomic E-state index is -3.40. The first-order valence-corrected chi connectivity index (χ1v) is 8.73. The van der Waals surface area contributed by atoms with E-state index in [9.17, 15) is 8.42 Å². The van der Waals surface area contributed by atoms with Crippen molar-refractivity contribution in [2.45, 2.75) is 4.90 Å². The van der Waals surface area contributed by atoms with Crippen LogP contribution >= 0.6 is 0 Å². The number of sulfonamides is 1. The molecular formula is C14H21N3O3S. The second-order valence-electron chi connectivity index (χ2n) is 5.45. The predicted molar refractivity (Wildman–Crippen MR) is 80.9 cm³/mol. The van der Waals surface area contributed by atoms with Crippen molar-refractivity contribution >= 4 is 15.7 Å². The molecule has 1 N–H and O–H groups in total. The Morgan fingerprint density at radius 1 is 0.952 bits per heavy atom. The largest absolute Gasteiger partial charge is 0.395 e. The van der Waals surface area contributed by atoms with Crippen LogP contribution in [0.2, 0.25) is 0 Å². The highest BCUT2D eigenvalue weighted by Crippen LogP contribution is 2.24. The number of hydrogen-bond acceptors (Lipinski definition) is 5. The average molecular weight is 311 g/mol. The normalized spacial score (nSPS) is 20.7. The molecule has 6 nitrogen and oxygen atoms in total. The van der Waals surface area contributed by atoms with Gasteiger partial charge in [0, 0.05) is 51.5 Å². The lowest BCUT2D eigenvalue weighted by atomic mass is 10.3. The van der Waals surface area contributed by atoms with Crippen LogP contribution in [0.15, 0.2) is 29.2 Å². The van der Waals surface area contributed by atoms with Crippen LogP contribution < -0.4 is 4.90 Å². The molecule has 2 saturated heterocycles. The second kappa shape index (κ2) is 5.92. The summed E-state index contributed by atoms with van der Waals surface area (Å²) in [6.07, 6.45) is 0. The molecular weight excluding hydrogens is 290 g/mol. The molecule has 0 amide bonds. The van der Waals surface area contributed by atoms with E-state index >= 15 is 0 Å². The van der Waals surface area contributed by atoms with Crippen LogP contribution in [0.25, 0.3) is 0 Å². The van der Waals surface area contributed by atoms with E-state index in [0.29, 0.717) is 37.6 Å². The number of anilines is 1. The maximum atomic E-state index is 12.6. The molecule has 2 aliphatic rings. The molecule has 0 aliphatic carbocycles. The Kier molecular flexibility index (Phi) is 4.17. The van der Waals surface area contributed by atoms with Crippen molar-refractivity contribution in [3.63, 3.8) is 0 Å². The van der Waals surface area contributed by atoms with Crippen molar-refractivity contribution in [3.8, 4) is 0 Å². The summed E-state index contributed by atoms with van der Waals surface area (Å²) in [6, 6.07) is 7.15. The minimum Gasteiger partial charge on any atom is -0.395 e. The molecule has 1 aromatic rings. The van der Waals surface area contributed by atoms with Gasteiger partial charge in [-0.05, 0) is 24.3 Å². The van der Waals surface area contributed by atoms with Gasteiger partial charge in [-0.15, -0.1) is 0 Å². The Morgan fingerprint density at radius 2 is 1.57 bits per heavy atom. The number of aliphatic hydroxyl groups excluding tert-OH is 1. The summed E-state index contributed by atoms with van der Waals surface area (Å²) in [7, 11) is -3.40. The van der Waals surface area contributed by atoms with Crippen LogP contribution in [-0.4, -0.2) is 75.1 Å². The molecule has 21 heavy (non-hydrogen) atoms. The van der Waals surface area contributed by atoms with Gasteiger partial charge < -0.3 is 10.0 Å². The number of nitrogens with zero attached hydrogens (tertiary/aromatic N) is 3. The number of β-amino-alcohol motifs (C(OH)–C–C–N with tert-alkyl or cyclic N) is 1. The van der Waals surface area contributed by atoms with Crippen LogP contribution in [0.4, 0.5) is 5.69 Å². The van der Waals surface area contributed by atoms with Crippen LogP contribution in [0.3, 0.4) is 0 Å². The molecule has 0 saturated carbocycles. The number of rotatable bonds is 5. The fraction of sp³-hybridized carbons (Fsp3) is 0.571. The smallest absolute Gasteiger partial charge is 0.243 e. The first-order valence-electron chi connectivity index (χ1n) is 7.29. The molecule has 2 fully saturated rings. The van der Waals surface area contributed by atoms with Gasteiger partial charge in [0.15, 0.2) is 0 Å². The van der Waals surface area contributed by atoms with Gasteiger partial charge in [0.2, 0.25) is 10.0 Å². The third kappa shape index (κ3) is 3.21. The lowest BCUT2D eigenvalue weighted by Gasteiger charge is -2.33. The third-order valence-electron chi connectivity index (χ3n) is 4.03.